The van der Waals surface area contributed by atoms with Gasteiger partial charge in [0.15, 0.2) is 0 Å². The fourth-order valence-corrected chi connectivity index (χ4v) is 3.86. The van der Waals surface area contributed by atoms with Gasteiger partial charge in [0.05, 0.1) is 20.5 Å². The first-order valence-electron chi connectivity index (χ1n) is 11.8. The molecule has 5 rings (SSSR count). The first-order valence-corrected chi connectivity index (χ1v) is 11.8. The standard InChI is InChI=1S/C28H26N6O4/c1-18-5-4-6-20(11-18)26-32-27(38-33-26)25-16-34(17-29-25)15-19-7-9-21(10-8-19)30-28(35)31-22-12-23(36-2)14-24(13-22)37-3/h4-14,16-17H,15H2,1-3H3,(H2,30,31,35). The van der Waals surface area contributed by atoms with Gasteiger partial charge in [0, 0.05) is 47.9 Å². The third-order valence-electron chi connectivity index (χ3n) is 5.74. The highest BCUT2D eigenvalue weighted by Gasteiger charge is 2.13. The zero-order chi connectivity index (χ0) is 26.5. The minimum atomic E-state index is -0.378. The van der Waals surface area contributed by atoms with Crippen molar-refractivity contribution >= 4 is 17.4 Å². The molecule has 5 aromatic rings. The molecular weight excluding hydrogens is 484 g/mol. The molecule has 3 aromatic carbocycles. The smallest absolute Gasteiger partial charge is 0.323 e. The maximum Gasteiger partial charge on any atom is 0.323 e. The number of methoxy groups -OCH3 is 2. The molecule has 0 aliphatic carbocycles. The Balaban J connectivity index is 1.19. The fraction of sp³-hybridized carbons (Fsp3) is 0.143. The molecule has 2 N–H and O–H groups in total. The SMILES string of the molecule is COc1cc(NC(=O)Nc2ccc(Cn3cnc(-c4nc(-c5cccc(C)c5)no4)c3)cc2)cc(OC)c1. The summed E-state index contributed by atoms with van der Waals surface area (Å²) in [6.07, 6.45) is 3.57. The lowest BCUT2D eigenvalue weighted by molar-refractivity contribution is 0.262. The molecule has 2 amide bonds. The van der Waals surface area contributed by atoms with E-state index in [-0.39, 0.29) is 6.03 Å². The van der Waals surface area contributed by atoms with Crippen LogP contribution in [0.25, 0.3) is 23.0 Å². The molecule has 0 fully saturated rings. The number of rotatable bonds is 8. The van der Waals surface area contributed by atoms with Crippen molar-refractivity contribution in [3.63, 3.8) is 0 Å². The van der Waals surface area contributed by atoms with Crippen molar-refractivity contribution in [1.82, 2.24) is 19.7 Å². The molecule has 10 heteroatoms. The Hall–Kier alpha value is -5.12. The number of carbonyl (C=O) groups excluding carboxylic acids is 1. The number of amides is 2. The number of urea groups is 1. The topological polar surface area (TPSA) is 116 Å². The van der Waals surface area contributed by atoms with Gasteiger partial charge in [-0.2, -0.15) is 4.98 Å². The zero-order valence-corrected chi connectivity index (χ0v) is 21.1. The highest BCUT2D eigenvalue weighted by atomic mass is 16.5. The number of ether oxygens (including phenoxy) is 2. The first-order chi connectivity index (χ1) is 18.5. The molecule has 0 spiro atoms. The van der Waals surface area contributed by atoms with E-state index in [0.717, 1.165) is 16.7 Å². The van der Waals surface area contributed by atoms with Gasteiger partial charge in [0.25, 0.3) is 5.89 Å². The summed E-state index contributed by atoms with van der Waals surface area (Å²) in [7, 11) is 3.11. The van der Waals surface area contributed by atoms with Gasteiger partial charge >= 0.3 is 6.03 Å². The maximum atomic E-state index is 12.5. The zero-order valence-electron chi connectivity index (χ0n) is 21.1. The number of aromatic nitrogens is 4. The second kappa shape index (κ2) is 10.9. The molecule has 2 heterocycles. The Labute approximate surface area is 219 Å². The van der Waals surface area contributed by atoms with Crippen LogP contribution < -0.4 is 20.1 Å². The molecule has 2 aromatic heterocycles. The Bertz CT molecular complexity index is 1540. The van der Waals surface area contributed by atoms with Crippen molar-refractivity contribution in [1.29, 1.82) is 0 Å². The van der Waals surface area contributed by atoms with Gasteiger partial charge in [-0.05, 0) is 30.7 Å². The highest BCUT2D eigenvalue weighted by Crippen LogP contribution is 2.26. The van der Waals surface area contributed by atoms with E-state index in [9.17, 15) is 4.79 Å². The predicted octanol–water partition coefficient (Wildman–Crippen LogP) is 5.62. The van der Waals surface area contributed by atoms with Gasteiger partial charge in [-0.1, -0.05) is 41.1 Å². The van der Waals surface area contributed by atoms with Crippen LogP contribution in [0.15, 0.2) is 83.8 Å². The lowest BCUT2D eigenvalue weighted by atomic mass is 10.1. The van der Waals surface area contributed by atoms with Crippen LogP contribution in [0.1, 0.15) is 11.1 Å². The third-order valence-corrected chi connectivity index (χ3v) is 5.74. The van der Waals surface area contributed by atoms with Crippen LogP contribution in [-0.4, -0.2) is 39.9 Å². The highest BCUT2D eigenvalue weighted by molar-refractivity contribution is 6.00. The van der Waals surface area contributed by atoms with Crippen molar-refractivity contribution in [3.8, 4) is 34.5 Å². The van der Waals surface area contributed by atoms with Gasteiger partial charge in [0.1, 0.15) is 17.2 Å². The van der Waals surface area contributed by atoms with Crippen LogP contribution in [0.2, 0.25) is 0 Å². The van der Waals surface area contributed by atoms with Gasteiger partial charge in [-0.25, -0.2) is 9.78 Å². The number of anilines is 2. The largest absolute Gasteiger partial charge is 0.497 e. The number of benzene rings is 3. The predicted molar refractivity (Wildman–Crippen MR) is 143 cm³/mol. The Morgan fingerprint density at radius 3 is 2.39 bits per heavy atom. The summed E-state index contributed by atoms with van der Waals surface area (Å²) in [6, 6.07) is 20.3. The van der Waals surface area contributed by atoms with E-state index >= 15 is 0 Å². The summed E-state index contributed by atoms with van der Waals surface area (Å²) in [4.78, 5) is 21.4. The minimum Gasteiger partial charge on any atom is -0.497 e. The van der Waals surface area contributed by atoms with Crippen LogP contribution in [0.4, 0.5) is 16.2 Å². The average molecular weight is 511 g/mol. The van der Waals surface area contributed by atoms with Gasteiger partial charge in [0.2, 0.25) is 5.82 Å². The number of hydrogen-bond acceptors (Lipinski definition) is 7. The summed E-state index contributed by atoms with van der Waals surface area (Å²) in [5.74, 6) is 2.05. The molecule has 0 bridgehead atoms. The van der Waals surface area contributed by atoms with Crippen LogP contribution in [0.3, 0.4) is 0 Å². The van der Waals surface area contributed by atoms with E-state index < -0.39 is 0 Å². The van der Waals surface area contributed by atoms with E-state index in [4.69, 9.17) is 14.0 Å². The quantitative estimate of drug-likeness (QED) is 0.278. The average Bonchev–Trinajstić information content (AvgIpc) is 3.59. The Morgan fingerprint density at radius 2 is 1.68 bits per heavy atom. The summed E-state index contributed by atoms with van der Waals surface area (Å²) in [6.45, 7) is 2.60. The molecule has 0 unspecified atom stereocenters. The van der Waals surface area contributed by atoms with E-state index in [2.05, 4.69) is 25.8 Å². The number of nitrogens with zero attached hydrogens (tertiary/aromatic N) is 4. The van der Waals surface area contributed by atoms with Crippen LogP contribution >= 0.6 is 0 Å². The maximum absolute atomic E-state index is 12.5. The fourth-order valence-electron chi connectivity index (χ4n) is 3.86. The molecular formula is C28H26N6O4. The normalized spacial score (nSPS) is 10.7. The van der Waals surface area contributed by atoms with Crippen molar-refractivity contribution in [3.05, 3.63) is 90.4 Å². The van der Waals surface area contributed by atoms with Crippen molar-refractivity contribution in [2.24, 2.45) is 0 Å². The molecule has 38 heavy (non-hydrogen) atoms. The molecule has 10 nitrogen and oxygen atoms in total. The van der Waals surface area contributed by atoms with Crippen LogP contribution in [0.5, 0.6) is 11.5 Å². The molecule has 0 saturated carbocycles. The molecule has 0 radical (unpaired) electrons. The molecule has 0 saturated heterocycles. The van der Waals surface area contributed by atoms with Crippen LogP contribution in [0, 0.1) is 6.92 Å². The van der Waals surface area contributed by atoms with Gasteiger partial charge < -0.3 is 29.2 Å². The number of aryl methyl sites for hydroxylation is 1. The number of imidazole rings is 1. The third kappa shape index (κ3) is 5.81. The van der Waals surface area contributed by atoms with Crippen molar-refractivity contribution in [2.75, 3.05) is 24.9 Å². The lowest BCUT2D eigenvalue weighted by Crippen LogP contribution is -2.19. The van der Waals surface area contributed by atoms with Gasteiger partial charge in [-0.15, -0.1) is 0 Å². The van der Waals surface area contributed by atoms with Crippen LogP contribution in [-0.2, 0) is 6.54 Å². The van der Waals surface area contributed by atoms with E-state index in [1.165, 1.54) is 0 Å². The van der Waals surface area contributed by atoms with E-state index in [1.807, 2.05) is 66.2 Å². The molecule has 0 aliphatic heterocycles. The minimum absolute atomic E-state index is 0.361. The number of carbonyl (C=O) groups is 1. The molecule has 0 atom stereocenters. The van der Waals surface area contributed by atoms with Crippen molar-refractivity contribution < 1.29 is 18.8 Å². The Morgan fingerprint density at radius 1 is 0.947 bits per heavy atom. The monoisotopic (exact) mass is 510 g/mol. The number of hydrogen-bond donors (Lipinski definition) is 2. The Kier molecular flexibility index (Phi) is 7.03. The molecule has 192 valence electrons. The lowest BCUT2D eigenvalue weighted by Gasteiger charge is -2.11. The summed E-state index contributed by atoms with van der Waals surface area (Å²) < 4.78 is 17.8. The van der Waals surface area contributed by atoms with Gasteiger partial charge in [-0.3, -0.25) is 0 Å². The first kappa shape index (κ1) is 24.6. The second-order valence-electron chi connectivity index (χ2n) is 8.60. The number of nitrogens with one attached hydrogen (secondary N) is 2. The van der Waals surface area contributed by atoms with E-state index in [1.54, 1.807) is 38.7 Å². The van der Waals surface area contributed by atoms with E-state index in [0.29, 0.717) is 46.8 Å². The second-order valence-corrected chi connectivity index (χ2v) is 8.60. The molecule has 0 aliphatic rings. The summed E-state index contributed by atoms with van der Waals surface area (Å²) in [5.41, 5.74) is 4.85. The summed E-state index contributed by atoms with van der Waals surface area (Å²) in [5, 5.41) is 9.69. The van der Waals surface area contributed by atoms with Crippen molar-refractivity contribution in [2.45, 2.75) is 13.5 Å². The summed E-state index contributed by atoms with van der Waals surface area (Å²) >= 11 is 0.